The third kappa shape index (κ3) is 7.88. The van der Waals surface area contributed by atoms with Crippen molar-refractivity contribution >= 4 is 16.7 Å². The molecule has 36 heavy (non-hydrogen) atoms. The molecule has 3 aromatic rings. The van der Waals surface area contributed by atoms with Gasteiger partial charge >= 0.3 is 6.18 Å². The van der Waals surface area contributed by atoms with Crippen LogP contribution in [-0.4, -0.2) is 30.6 Å². The Hall–Kier alpha value is -2.74. The molecular formula is C28H36F4N4. The van der Waals surface area contributed by atoms with E-state index in [0.29, 0.717) is 17.5 Å². The lowest BCUT2D eigenvalue weighted by Crippen LogP contribution is -2.26. The number of nitrogens with one attached hydrogen (secondary N) is 1. The van der Waals surface area contributed by atoms with Gasteiger partial charge in [0.25, 0.3) is 0 Å². The molecule has 196 valence electrons. The number of rotatable bonds is 6. The molecule has 1 heterocycles. The quantitative estimate of drug-likeness (QED) is 0.362. The first-order valence-corrected chi connectivity index (χ1v) is 12.5. The van der Waals surface area contributed by atoms with Crippen LogP contribution in [0.25, 0.3) is 10.9 Å². The first-order chi connectivity index (χ1) is 17.1. The van der Waals surface area contributed by atoms with Crippen LogP contribution in [-0.2, 0) is 12.7 Å². The third-order valence-corrected chi connectivity index (χ3v) is 6.71. The number of anilines is 1. The van der Waals surface area contributed by atoms with Gasteiger partial charge in [0.05, 0.1) is 11.1 Å². The summed E-state index contributed by atoms with van der Waals surface area (Å²) < 4.78 is 51.2. The van der Waals surface area contributed by atoms with Crippen molar-refractivity contribution in [2.24, 2.45) is 11.8 Å². The predicted octanol–water partition coefficient (Wildman–Crippen LogP) is 7.15. The van der Waals surface area contributed by atoms with Crippen molar-refractivity contribution in [1.29, 1.82) is 0 Å². The molecule has 0 atom stereocenters. The Morgan fingerprint density at radius 3 is 2.28 bits per heavy atom. The van der Waals surface area contributed by atoms with Crippen LogP contribution < -0.4 is 10.2 Å². The molecule has 1 aromatic heterocycles. The number of benzene rings is 2. The van der Waals surface area contributed by atoms with Crippen LogP contribution in [0, 0.1) is 24.6 Å². The number of alkyl halides is 3. The van der Waals surface area contributed by atoms with Crippen LogP contribution in [0.4, 0.5) is 23.4 Å². The summed E-state index contributed by atoms with van der Waals surface area (Å²) in [6, 6.07) is 10.8. The molecule has 2 aromatic carbocycles. The van der Waals surface area contributed by atoms with Gasteiger partial charge in [-0.3, -0.25) is 0 Å². The van der Waals surface area contributed by atoms with Crippen molar-refractivity contribution in [3.8, 4) is 0 Å². The minimum Gasteiger partial charge on any atom is -0.362 e. The van der Waals surface area contributed by atoms with E-state index in [9.17, 15) is 17.6 Å². The fourth-order valence-corrected chi connectivity index (χ4v) is 4.69. The minimum absolute atomic E-state index is 0.272. The minimum atomic E-state index is -4.50. The first-order valence-electron chi connectivity index (χ1n) is 12.5. The summed E-state index contributed by atoms with van der Waals surface area (Å²) >= 11 is 0. The zero-order chi connectivity index (χ0) is 26.3. The fourth-order valence-electron chi connectivity index (χ4n) is 4.69. The zero-order valence-corrected chi connectivity index (χ0v) is 21.5. The summed E-state index contributed by atoms with van der Waals surface area (Å²) in [5.41, 5.74) is 0.422. The maximum absolute atomic E-state index is 13.3. The molecule has 0 unspecified atom stereocenters. The molecule has 0 spiro atoms. The number of aryl methyl sites for hydroxylation is 1. The molecular weight excluding hydrogens is 468 g/mol. The molecule has 0 saturated heterocycles. The van der Waals surface area contributed by atoms with Crippen molar-refractivity contribution in [2.75, 3.05) is 25.5 Å². The van der Waals surface area contributed by atoms with E-state index in [2.05, 4.69) is 22.2 Å². The summed E-state index contributed by atoms with van der Waals surface area (Å²) in [5, 5.41) is 4.28. The summed E-state index contributed by atoms with van der Waals surface area (Å²) in [6.45, 7) is 5.19. The monoisotopic (exact) mass is 504 g/mol. The predicted molar refractivity (Wildman–Crippen MR) is 137 cm³/mol. The van der Waals surface area contributed by atoms with Gasteiger partial charge in [-0.05, 0) is 74.0 Å². The van der Waals surface area contributed by atoms with Crippen molar-refractivity contribution in [3.63, 3.8) is 0 Å². The number of nitrogens with zero attached hydrogens (tertiary/aromatic N) is 3. The molecule has 1 aliphatic rings. The van der Waals surface area contributed by atoms with Crippen LogP contribution in [0.1, 0.15) is 56.0 Å². The van der Waals surface area contributed by atoms with E-state index in [1.165, 1.54) is 32.1 Å². The number of halogens is 4. The second-order valence-electron chi connectivity index (χ2n) is 9.78. The molecule has 4 rings (SSSR count). The van der Waals surface area contributed by atoms with Crippen LogP contribution in [0.5, 0.6) is 0 Å². The highest BCUT2D eigenvalue weighted by Crippen LogP contribution is 2.31. The average molecular weight is 505 g/mol. The van der Waals surface area contributed by atoms with Gasteiger partial charge in [0.15, 0.2) is 0 Å². The zero-order valence-electron chi connectivity index (χ0n) is 21.5. The van der Waals surface area contributed by atoms with Gasteiger partial charge in [0.1, 0.15) is 17.5 Å². The molecule has 0 aliphatic heterocycles. The molecule has 0 bridgehead atoms. The first kappa shape index (κ1) is 27.8. The number of aromatic nitrogens is 2. The normalized spacial score (nSPS) is 18.0. The summed E-state index contributed by atoms with van der Waals surface area (Å²) in [6.07, 6.45) is 1.53. The van der Waals surface area contributed by atoms with Gasteiger partial charge in [-0.1, -0.05) is 38.3 Å². The van der Waals surface area contributed by atoms with Gasteiger partial charge in [0.2, 0.25) is 0 Å². The molecule has 0 radical (unpaired) electrons. The summed E-state index contributed by atoms with van der Waals surface area (Å²) in [7, 11) is 3.99. The molecule has 4 nitrogen and oxygen atoms in total. The highest BCUT2D eigenvalue weighted by molar-refractivity contribution is 5.89. The standard InChI is InChI=1S/C17H23F4N.C11H13N3/c1-2-12-3-5-13(6-4-12)10-22-11-14-7-15(17(19,20)21)9-16(18)8-14;1-8-12-10-7-5-4-6-9(10)11(13-8)14(2)3/h7-9,12-13,22H,2-6,10-11H2,1H3;4-7H,1-3H3. The van der Waals surface area contributed by atoms with Crippen LogP contribution in [0.3, 0.4) is 0 Å². The van der Waals surface area contributed by atoms with Crippen LogP contribution in [0.15, 0.2) is 42.5 Å². The van der Waals surface area contributed by atoms with E-state index in [0.717, 1.165) is 47.1 Å². The summed E-state index contributed by atoms with van der Waals surface area (Å²) in [4.78, 5) is 10.8. The van der Waals surface area contributed by atoms with Crippen molar-refractivity contribution in [2.45, 2.75) is 58.7 Å². The van der Waals surface area contributed by atoms with Gasteiger partial charge in [-0.2, -0.15) is 13.2 Å². The Morgan fingerprint density at radius 1 is 0.972 bits per heavy atom. The highest BCUT2D eigenvalue weighted by Gasteiger charge is 2.31. The third-order valence-electron chi connectivity index (χ3n) is 6.71. The van der Waals surface area contributed by atoms with Crippen molar-refractivity contribution in [1.82, 2.24) is 15.3 Å². The molecule has 8 heteroatoms. The van der Waals surface area contributed by atoms with Crippen molar-refractivity contribution in [3.05, 3.63) is 65.2 Å². The SMILES string of the molecule is CCC1CCC(CNCc2cc(F)cc(C(F)(F)F)c2)CC1.Cc1nc(N(C)C)c2ccccc2n1. The lowest BCUT2D eigenvalue weighted by molar-refractivity contribution is -0.137. The Bertz CT molecular complexity index is 1120. The fraction of sp³-hybridized carbons (Fsp3) is 0.500. The second-order valence-corrected chi connectivity index (χ2v) is 9.78. The molecule has 1 aliphatic carbocycles. The van der Waals surface area contributed by atoms with E-state index >= 15 is 0 Å². The van der Waals surface area contributed by atoms with E-state index in [-0.39, 0.29) is 6.54 Å². The van der Waals surface area contributed by atoms with E-state index < -0.39 is 17.6 Å². The number of hydrogen-bond donors (Lipinski definition) is 1. The van der Waals surface area contributed by atoms with Crippen LogP contribution >= 0.6 is 0 Å². The Kier molecular flexibility index (Phi) is 9.65. The van der Waals surface area contributed by atoms with E-state index in [1.54, 1.807) is 0 Å². The Balaban J connectivity index is 0.000000221. The maximum Gasteiger partial charge on any atom is 0.416 e. The molecule has 0 amide bonds. The maximum atomic E-state index is 13.3. The van der Waals surface area contributed by atoms with Gasteiger partial charge in [-0.15, -0.1) is 0 Å². The Labute approximate surface area is 211 Å². The largest absolute Gasteiger partial charge is 0.416 e. The number of fused-ring (bicyclic) bond motifs is 1. The Morgan fingerprint density at radius 2 is 1.64 bits per heavy atom. The average Bonchev–Trinajstić information content (AvgIpc) is 2.83. The smallest absolute Gasteiger partial charge is 0.362 e. The van der Waals surface area contributed by atoms with Gasteiger partial charge < -0.3 is 10.2 Å². The topological polar surface area (TPSA) is 41.1 Å². The van der Waals surface area contributed by atoms with Gasteiger partial charge in [-0.25, -0.2) is 14.4 Å². The molecule has 1 saturated carbocycles. The molecule has 1 N–H and O–H groups in total. The second kappa shape index (κ2) is 12.5. The highest BCUT2D eigenvalue weighted by atomic mass is 19.4. The summed E-state index contributed by atoms with van der Waals surface area (Å²) in [5.74, 6) is 2.36. The van der Waals surface area contributed by atoms with Gasteiger partial charge in [0, 0.05) is 26.0 Å². The molecule has 1 fully saturated rings. The number of hydrogen-bond acceptors (Lipinski definition) is 4. The van der Waals surface area contributed by atoms with Crippen LogP contribution in [0.2, 0.25) is 0 Å². The lowest BCUT2D eigenvalue weighted by atomic mass is 9.81. The number of para-hydroxylation sites is 1. The van der Waals surface area contributed by atoms with E-state index in [4.69, 9.17) is 0 Å². The lowest BCUT2D eigenvalue weighted by Gasteiger charge is -2.28. The van der Waals surface area contributed by atoms with Crippen molar-refractivity contribution < 1.29 is 17.6 Å². The van der Waals surface area contributed by atoms with E-state index in [1.807, 2.05) is 50.2 Å².